The molecule has 2 rings (SSSR count). The molecule has 0 heterocycles. The van der Waals surface area contributed by atoms with Crippen LogP contribution in [-0.2, 0) is 16.5 Å². The van der Waals surface area contributed by atoms with E-state index in [0.29, 0.717) is 17.7 Å². The van der Waals surface area contributed by atoms with Crippen molar-refractivity contribution in [3.05, 3.63) is 48.0 Å². The smallest absolute Gasteiger partial charge is 0.871 e. The Hall–Kier alpha value is -1.05. The molecule has 0 saturated heterocycles. The molecule has 1 N–H and O–H groups in total. The minimum atomic E-state index is -4.69. The number of benzene rings is 2. The van der Waals surface area contributed by atoms with Gasteiger partial charge in [0, 0.05) is 0 Å². The van der Waals surface area contributed by atoms with E-state index in [2.05, 4.69) is 6.92 Å². The van der Waals surface area contributed by atoms with Crippen LogP contribution in [0.1, 0.15) is 51.0 Å². The molecule has 0 saturated carbocycles. The molecule has 0 aliphatic rings. The second-order valence-electron chi connectivity index (χ2n) is 6.29. The Morgan fingerprint density at radius 2 is 1.59 bits per heavy atom. The number of ether oxygens (including phenoxy) is 1. The minimum absolute atomic E-state index is 0. The topological polar surface area (TPSA) is 86.7 Å². The van der Waals surface area contributed by atoms with Gasteiger partial charge in [-0.15, -0.1) is 0 Å². The van der Waals surface area contributed by atoms with E-state index in [-0.39, 0.29) is 35.3 Å². The summed E-state index contributed by atoms with van der Waals surface area (Å²) in [7, 11) is -4.69. The van der Waals surface area contributed by atoms with Gasteiger partial charge in [-0.2, -0.15) is 8.42 Å². The van der Waals surface area contributed by atoms with Crippen molar-refractivity contribution in [1.82, 2.24) is 0 Å². The predicted octanol–water partition coefficient (Wildman–Crippen LogP) is 1.71. The van der Waals surface area contributed by atoms with Crippen molar-refractivity contribution in [3.63, 3.8) is 0 Å². The van der Waals surface area contributed by atoms with Gasteiger partial charge in [0.2, 0.25) is 0 Å². The van der Waals surface area contributed by atoms with E-state index in [0.717, 1.165) is 19.3 Å². The van der Waals surface area contributed by atoms with Gasteiger partial charge in [0.05, 0.1) is 0 Å². The number of hydrogen-bond donors (Lipinski definition) is 1. The van der Waals surface area contributed by atoms with Crippen molar-refractivity contribution < 1.29 is 52.4 Å². The molecule has 2 aromatic rings. The van der Waals surface area contributed by atoms with E-state index in [1.54, 1.807) is 36.4 Å². The molecule has 0 aliphatic carbocycles. The molecule has 0 atom stereocenters. The van der Waals surface area contributed by atoms with E-state index in [4.69, 9.17) is 4.74 Å². The molecule has 7 heteroatoms. The van der Waals surface area contributed by atoms with Crippen molar-refractivity contribution in [2.75, 3.05) is 0 Å². The van der Waals surface area contributed by atoms with Gasteiger partial charge in [0.25, 0.3) is 10.1 Å². The van der Waals surface area contributed by atoms with E-state index in [9.17, 15) is 18.1 Å². The molecule has 0 radical (unpaired) electrons. The van der Waals surface area contributed by atoms with Gasteiger partial charge in [-0.25, -0.2) is 0 Å². The van der Waals surface area contributed by atoms with Crippen molar-refractivity contribution in [3.8, 4) is 17.2 Å². The van der Waals surface area contributed by atoms with Crippen LogP contribution in [0.2, 0.25) is 0 Å². The Bertz CT molecular complexity index is 807. The summed E-state index contributed by atoms with van der Waals surface area (Å²) in [5, 5.41) is 12.1. The second kappa shape index (κ2) is 11.7. The monoisotopic (exact) mass is 400 g/mol. The van der Waals surface area contributed by atoms with Crippen LogP contribution in [0.25, 0.3) is 0 Å². The normalized spacial score (nSPS) is 11.0. The van der Waals surface area contributed by atoms with Gasteiger partial charge in [-0.05, 0) is 30.5 Å². The quantitative estimate of drug-likeness (QED) is 0.373. The Balaban J connectivity index is 0.00000364. The zero-order valence-corrected chi connectivity index (χ0v) is 18.8. The molecule has 0 aromatic heterocycles. The summed E-state index contributed by atoms with van der Waals surface area (Å²) in [6, 6.07) is 11.4. The Morgan fingerprint density at radius 3 is 2.22 bits per heavy atom. The number of unbranched alkanes of at least 4 members (excludes halogenated alkanes) is 5. The third-order valence-electron chi connectivity index (χ3n) is 4.18. The fourth-order valence-electron chi connectivity index (χ4n) is 2.84. The first-order valence-electron chi connectivity index (χ1n) is 8.96. The first kappa shape index (κ1) is 24.0. The molecular formula is C20H25NaO5S. The first-order valence-corrected chi connectivity index (χ1v) is 10.4. The van der Waals surface area contributed by atoms with Gasteiger partial charge in [0.15, 0.2) is 5.75 Å². The Morgan fingerprint density at radius 1 is 0.963 bits per heavy atom. The zero-order chi connectivity index (χ0) is 19.0. The van der Waals surface area contributed by atoms with Gasteiger partial charge in [0.1, 0.15) is 10.6 Å². The van der Waals surface area contributed by atoms with Crippen LogP contribution >= 0.6 is 0 Å². The predicted molar refractivity (Wildman–Crippen MR) is 99.3 cm³/mol. The van der Waals surface area contributed by atoms with Gasteiger partial charge < -0.3 is 9.84 Å². The summed E-state index contributed by atoms with van der Waals surface area (Å²) < 4.78 is 38.7. The Kier molecular flexibility index (Phi) is 10.4. The molecule has 0 spiro atoms. The average Bonchev–Trinajstić information content (AvgIpc) is 2.59. The molecule has 27 heavy (non-hydrogen) atoms. The van der Waals surface area contributed by atoms with E-state index < -0.39 is 20.8 Å². The molecule has 0 fully saturated rings. The molecule has 5 nitrogen and oxygen atoms in total. The van der Waals surface area contributed by atoms with Crippen LogP contribution in [0.5, 0.6) is 17.2 Å². The van der Waals surface area contributed by atoms with Crippen molar-refractivity contribution in [2.45, 2.75) is 56.8 Å². The summed E-state index contributed by atoms with van der Waals surface area (Å²) in [5.74, 6) is -0.433. The summed E-state index contributed by atoms with van der Waals surface area (Å²) in [6.07, 6.45) is 7.14. The fraction of sp³-hybridized carbons (Fsp3) is 0.400. The molecule has 142 valence electrons. The van der Waals surface area contributed by atoms with Gasteiger partial charge in [-0.3, -0.25) is 4.55 Å². The number of aryl methyl sites for hydroxylation is 1. The van der Waals surface area contributed by atoms with Gasteiger partial charge >= 0.3 is 29.6 Å². The van der Waals surface area contributed by atoms with Crippen molar-refractivity contribution in [2.24, 2.45) is 0 Å². The summed E-state index contributed by atoms with van der Waals surface area (Å²) in [5.41, 5.74) is 0.608. The third kappa shape index (κ3) is 7.47. The van der Waals surface area contributed by atoms with Crippen LogP contribution in [0.4, 0.5) is 0 Å². The SMILES string of the molecule is CCCCCCCCc1ccc([O-])c(S(=O)(=O)O)c1Oc1ccccc1.[Na+]. The largest absolute Gasteiger partial charge is 1.00 e. The van der Waals surface area contributed by atoms with E-state index in [1.165, 1.54) is 25.3 Å². The molecule has 0 aliphatic heterocycles. The number of hydrogen-bond acceptors (Lipinski definition) is 4. The van der Waals surface area contributed by atoms with Gasteiger partial charge in [-0.1, -0.05) is 75.1 Å². The molecule has 2 aromatic carbocycles. The summed E-state index contributed by atoms with van der Waals surface area (Å²) >= 11 is 0. The van der Waals surface area contributed by atoms with Crippen LogP contribution < -0.4 is 39.4 Å². The van der Waals surface area contributed by atoms with Crippen molar-refractivity contribution in [1.29, 1.82) is 0 Å². The maximum Gasteiger partial charge on any atom is 1.00 e. The molecule has 0 unspecified atom stereocenters. The standard InChI is InChI=1S/C20H26O5S.Na/c1-2-3-4-5-6-8-11-16-14-15-18(21)20(26(22,23)24)19(16)25-17-12-9-7-10-13-17;/h7,9-10,12-15,21H,2-6,8,11H2,1H3,(H,22,23,24);/q;+1/p-1. The van der Waals surface area contributed by atoms with Crippen LogP contribution in [0.15, 0.2) is 47.4 Å². The third-order valence-corrected chi connectivity index (χ3v) is 5.08. The molecular weight excluding hydrogens is 375 g/mol. The minimum Gasteiger partial charge on any atom is -0.871 e. The Labute approximate surface area is 183 Å². The maximum absolute atomic E-state index is 12.1. The fourth-order valence-corrected chi connectivity index (χ4v) is 3.57. The zero-order valence-electron chi connectivity index (χ0n) is 16.0. The van der Waals surface area contributed by atoms with Crippen LogP contribution in [0.3, 0.4) is 0 Å². The second-order valence-corrected chi connectivity index (χ2v) is 7.65. The molecule has 0 amide bonds. The van der Waals surface area contributed by atoms with E-state index >= 15 is 0 Å². The summed E-state index contributed by atoms with van der Waals surface area (Å²) in [4.78, 5) is -0.690. The van der Waals surface area contributed by atoms with Crippen LogP contribution in [0, 0.1) is 0 Å². The number of para-hydroxylation sites is 1. The average molecular weight is 400 g/mol. The summed E-state index contributed by atoms with van der Waals surface area (Å²) in [6.45, 7) is 2.16. The molecule has 0 bridgehead atoms. The number of rotatable bonds is 10. The van der Waals surface area contributed by atoms with Crippen LogP contribution in [-0.4, -0.2) is 13.0 Å². The first-order chi connectivity index (χ1) is 12.4. The maximum atomic E-state index is 12.1. The van der Waals surface area contributed by atoms with E-state index in [1.807, 2.05) is 0 Å². The van der Waals surface area contributed by atoms with Crippen molar-refractivity contribution >= 4 is 10.1 Å².